The van der Waals surface area contributed by atoms with Gasteiger partial charge in [-0.2, -0.15) is 0 Å². The fourth-order valence-electron chi connectivity index (χ4n) is 2.24. The second kappa shape index (κ2) is 21.9. The topological polar surface area (TPSA) is 89.6 Å². The number of ether oxygens (including phenoxy) is 1. The van der Waals surface area contributed by atoms with E-state index >= 15 is 0 Å². The minimum atomic E-state index is -1.08. The van der Waals surface area contributed by atoms with Gasteiger partial charge in [0.05, 0.1) is 6.61 Å². The van der Waals surface area contributed by atoms with E-state index in [-0.39, 0.29) is 77.9 Å². The van der Waals surface area contributed by atoms with Crippen LogP contribution >= 0.6 is 0 Å². The first-order chi connectivity index (χ1) is 10.6. The molecule has 0 rings (SSSR count). The van der Waals surface area contributed by atoms with Crippen molar-refractivity contribution < 1.29 is 19.4 Å². The standard InChI is InChI=1S/C17H33NO4.2Na.2H/c1-2-3-4-5-6-7-8-9-10-11-14-22-16(19)13-12-15(18)17(20)21;;;;/h15H,2-14,18H2,1H3,(H,20,21);;;;/t15-;;;;/m0..../s1. The minimum absolute atomic E-state index is 0. The van der Waals surface area contributed by atoms with Crippen molar-refractivity contribution in [2.75, 3.05) is 6.61 Å². The molecule has 24 heavy (non-hydrogen) atoms. The molecule has 0 aromatic carbocycles. The van der Waals surface area contributed by atoms with E-state index < -0.39 is 12.0 Å². The summed E-state index contributed by atoms with van der Waals surface area (Å²) in [5.41, 5.74) is 5.32. The van der Waals surface area contributed by atoms with Gasteiger partial charge in [-0.3, -0.25) is 9.59 Å². The molecule has 0 saturated carbocycles. The average molecular weight is 363 g/mol. The number of nitrogens with two attached hydrogens (primary N) is 1. The number of unbranched alkanes of at least 4 members (excludes halogenated alkanes) is 9. The number of carboxylic acids is 1. The van der Waals surface area contributed by atoms with Crippen LogP contribution in [0.3, 0.4) is 0 Å². The summed E-state index contributed by atoms with van der Waals surface area (Å²) in [5, 5.41) is 8.59. The number of carbonyl (C=O) groups is 2. The van der Waals surface area contributed by atoms with Crippen LogP contribution in [0.5, 0.6) is 0 Å². The molecule has 0 aromatic heterocycles. The molecule has 5 nitrogen and oxygen atoms in total. The van der Waals surface area contributed by atoms with Gasteiger partial charge in [-0.15, -0.1) is 0 Å². The molecule has 0 saturated heterocycles. The maximum atomic E-state index is 11.4. The van der Waals surface area contributed by atoms with Gasteiger partial charge in [-0.1, -0.05) is 64.7 Å². The van der Waals surface area contributed by atoms with Gasteiger partial charge in [0.2, 0.25) is 0 Å². The van der Waals surface area contributed by atoms with Gasteiger partial charge in [-0.25, -0.2) is 0 Å². The van der Waals surface area contributed by atoms with Crippen LogP contribution in [0.25, 0.3) is 0 Å². The zero-order valence-electron chi connectivity index (χ0n) is 14.0. The molecule has 0 heterocycles. The van der Waals surface area contributed by atoms with Gasteiger partial charge in [-0.05, 0) is 12.8 Å². The summed E-state index contributed by atoms with van der Waals surface area (Å²) in [7, 11) is 0. The SMILES string of the molecule is CCCCCCCCCCCCOC(=O)CC[C@H](N)C(=O)O.[NaH].[NaH]. The van der Waals surface area contributed by atoms with Gasteiger partial charge in [0, 0.05) is 6.42 Å². The molecule has 0 radical (unpaired) electrons. The fraction of sp³-hybridized carbons (Fsp3) is 0.882. The Morgan fingerprint density at radius 2 is 1.38 bits per heavy atom. The number of carboxylic acid groups (broad SMARTS) is 1. The third-order valence-electron chi connectivity index (χ3n) is 3.74. The molecule has 0 aromatic rings. The predicted octanol–water partition coefficient (Wildman–Crippen LogP) is 2.35. The first-order valence-electron chi connectivity index (χ1n) is 8.72. The molecule has 0 spiro atoms. The Balaban J connectivity index is -0.00000220. The van der Waals surface area contributed by atoms with Crippen molar-refractivity contribution >= 4 is 71.1 Å². The van der Waals surface area contributed by atoms with Crippen LogP contribution in [0.2, 0.25) is 0 Å². The van der Waals surface area contributed by atoms with E-state index in [0.717, 1.165) is 12.8 Å². The van der Waals surface area contributed by atoms with Crippen LogP contribution < -0.4 is 5.73 Å². The van der Waals surface area contributed by atoms with E-state index in [9.17, 15) is 9.59 Å². The van der Waals surface area contributed by atoms with Crippen LogP contribution in [0.4, 0.5) is 0 Å². The van der Waals surface area contributed by atoms with Crippen molar-refractivity contribution in [1.82, 2.24) is 0 Å². The van der Waals surface area contributed by atoms with E-state index in [4.69, 9.17) is 15.6 Å². The van der Waals surface area contributed by atoms with Crippen molar-refractivity contribution in [3.63, 3.8) is 0 Å². The van der Waals surface area contributed by atoms with Crippen molar-refractivity contribution in [3.05, 3.63) is 0 Å². The number of hydrogen-bond donors (Lipinski definition) is 2. The molecule has 0 bridgehead atoms. The van der Waals surface area contributed by atoms with Gasteiger partial charge >= 0.3 is 71.1 Å². The Hall–Kier alpha value is 0.900. The summed E-state index contributed by atoms with van der Waals surface area (Å²) in [4.78, 5) is 21.9. The monoisotopic (exact) mass is 363 g/mol. The Morgan fingerprint density at radius 3 is 1.83 bits per heavy atom. The molecular weight excluding hydrogens is 328 g/mol. The van der Waals surface area contributed by atoms with Crippen molar-refractivity contribution in [3.8, 4) is 0 Å². The molecule has 0 aliphatic carbocycles. The molecule has 0 aliphatic rings. The molecule has 1 atom stereocenters. The summed E-state index contributed by atoms with van der Waals surface area (Å²) in [6, 6.07) is -0.982. The van der Waals surface area contributed by atoms with Crippen molar-refractivity contribution in [2.24, 2.45) is 5.73 Å². The fourth-order valence-corrected chi connectivity index (χ4v) is 2.24. The quantitative estimate of drug-likeness (QED) is 0.265. The summed E-state index contributed by atoms with van der Waals surface area (Å²) in [6.07, 6.45) is 12.6. The van der Waals surface area contributed by atoms with Gasteiger partial charge in [0.25, 0.3) is 0 Å². The van der Waals surface area contributed by atoms with E-state index in [1.54, 1.807) is 0 Å². The van der Waals surface area contributed by atoms with Crippen LogP contribution in [-0.2, 0) is 14.3 Å². The molecule has 0 fully saturated rings. The van der Waals surface area contributed by atoms with Gasteiger partial charge in [0.15, 0.2) is 0 Å². The molecule has 134 valence electrons. The second-order valence-electron chi connectivity index (χ2n) is 5.89. The number of esters is 1. The molecule has 0 aliphatic heterocycles. The molecule has 7 heteroatoms. The zero-order chi connectivity index (χ0) is 16.6. The molecule has 3 N–H and O–H groups in total. The normalized spacial score (nSPS) is 11.1. The van der Waals surface area contributed by atoms with Crippen LogP contribution in [0.15, 0.2) is 0 Å². The number of hydrogen-bond acceptors (Lipinski definition) is 4. The van der Waals surface area contributed by atoms with E-state index in [1.807, 2.05) is 0 Å². The van der Waals surface area contributed by atoms with Crippen LogP contribution in [0.1, 0.15) is 84.0 Å². The van der Waals surface area contributed by atoms with E-state index in [1.165, 1.54) is 51.4 Å². The summed E-state index contributed by atoms with van der Waals surface area (Å²) < 4.78 is 5.06. The summed E-state index contributed by atoms with van der Waals surface area (Å²) in [5.74, 6) is -1.44. The Kier molecular flexibility index (Phi) is 27.1. The molecule has 0 unspecified atom stereocenters. The van der Waals surface area contributed by atoms with E-state index in [0.29, 0.717) is 6.61 Å². The van der Waals surface area contributed by atoms with Crippen molar-refractivity contribution in [1.29, 1.82) is 0 Å². The maximum absolute atomic E-state index is 11.4. The van der Waals surface area contributed by atoms with Gasteiger partial charge < -0.3 is 15.6 Å². The third kappa shape index (κ3) is 20.9. The predicted molar refractivity (Wildman–Crippen MR) is 102 cm³/mol. The van der Waals surface area contributed by atoms with Crippen LogP contribution in [-0.4, -0.2) is 88.8 Å². The Bertz CT molecular complexity index is 304. The summed E-state index contributed by atoms with van der Waals surface area (Å²) >= 11 is 0. The molecular formula is C17H35NNa2O4. The Morgan fingerprint density at radius 1 is 0.917 bits per heavy atom. The van der Waals surface area contributed by atoms with Crippen molar-refractivity contribution in [2.45, 2.75) is 90.0 Å². The second-order valence-corrected chi connectivity index (χ2v) is 5.89. The number of carbonyl (C=O) groups excluding carboxylic acids is 1. The van der Waals surface area contributed by atoms with Crippen LogP contribution in [0, 0.1) is 0 Å². The molecule has 0 amide bonds. The van der Waals surface area contributed by atoms with Gasteiger partial charge in [0.1, 0.15) is 6.04 Å². The average Bonchev–Trinajstić information content (AvgIpc) is 2.50. The summed E-state index contributed by atoms with van der Waals surface area (Å²) in [6.45, 7) is 2.66. The first-order valence-corrected chi connectivity index (χ1v) is 8.72. The first kappa shape index (κ1) is 29.7. The number of rotatable bonds is 15. The third-order valence-corrected chi connectivity index (χ3v) is 3.74. The zero-order valence-corrected chi connectivity index (χ0v) is 14.0. The number of aliphatic carboxylic acids is 1. The van der Waals surface area contributed by atoms with E-state index in [2.05, 4.69) is 6.92 Å². The Labute approximate surface area is 191 Å².